The summed E-state index contributed by atoms with van der Waals surface area (Å²) in [6.45, 7) is 0. The molecule has 220 valence electrons. The molecular formula is C32H29N3O8. The number of benzene rings is 4. The average molecular weight is 584 g/mol. The normalized spacial score (nSPS) is 10.5. The number of hydrogen-bond acceptors (Lipinski definition) is 9. The first-order chi connectivity index (χ1) is 20.9. The number of ether oxygens (including phenoxy) is 5. The molecule has 0 atom stereocenters. The number of anilines is 1. The molecule has 4 aromatic carbocycles. The van der Waals surface area contributed by atoms with E-state index in [9.17, 15) is 14.4 Å². The minimum atomic E-state index is -0.551. The third-order valence-electron chi connectivity index (χ3n) is 6.15. The molecule has 4 rings (SSSR count). The summed E-state index contributed by atoms with van der Waals surface area (Å²) < 4.78 is 26.5. The molecule has 43 heavy (non-hydrogen) atoms. The monoisotopic (exact) mass is 583 g/mol. The van der Waals surface area contributed by atoms with Crippen LogP contribution >= 0.6 is 0 Å². The maximum Gasteiger partial charge on any atom is 0.343 e. The molecule has 0 unspecified atom stereocenters. The smallest absolute Gasteiger partial charge is 0.343 e. The van der Waals surface area contributed by atoms with Gasteiger partial charge < -0.3 is 29.0 Å². The number of para-hydroxylation sites is 1. The first-order valence-electron chi connectivity index (χ1n) is 12.9. The van der Waals surface area contributed by atoms with Crippen molar-refractivity contribution in [2.24, 2.45) is 5.10 Å². The minimum absolute atomic E-state index is 0.272. The summed E-state index contributed by atoms with van der Waals surface area (Å²) >= 11 is 0. The topological polar surface area (TPSA) is 134 Å². The predicted molar refractivity (Wildman–Crippen MR) is 160 cm³/mol. The van der Waals surface area contributed by atoms with Crippen LogP contribution in [0.3, 0.4) is 0 Å². The van der Waals surface area contributed by atoms with Crippen LogP contribution in [0.15, 0.2) is 90.0 Å². The second kappa shape index (κ2) is 14.2. The van der Waals surface area contributed by atoms with E-state index in [0.717, 1.165) is 0 Å². The fraction of sp³-hybridized carbons (Fsp3) is 0.125. The fourth-order valence-corrected chi connectivity index (χ4v) is 3.91. The zero-order valence-corrected chi connectivity index (χ0v) is 23.9. The highest BCUT2D eigenvalue weighted by Gasteiger charge is 2.17. The van der Waals surface area contributed by atoms with Crippen molar-refractivity contribution in [2.45, 2.75) is 0 Å². The van der Waals surface area contributed by atoms with Gasteiger partial charge in [0, 0.05) is 22.4 Å². The third-order valence-corrected chi connectivity index (χ3v) is 6.15. The molecule has 0 radical (unpaired) electrons. The molecule has 0 heterocycles. The van der Waals surface area contributed by atoms with Crippen LogP contribution in [-0.2, 0) is 0 Å². The van der Waals surface area contributed by atoms with Gasteiger partial charge in [0.2, 0.25) is 5.75 Å². The van der Waals surface area contributed by atoms with Crippen LogP contribution in [0.5, 0.6) is 28.7 Å². The van der Waals surface area contributed by atoms with Crippen molar-refractivity contribution in [3.63, 3.8) is 0 Å². The lowest BCUT2D eigenvalue weighted by Gasteiger charge is -2.14. The highest BCUT2D eigenvalue weighted by atomic mass is 16.5. The molecule has 4 aromatic rings. The maximum absolute atomic E-state index is 12.8. The van der Waals surface area contributed by atoms with Crippen molar-refractivity contribution < 1.29 is 38.1 Å². The summed E-state index contributed by atoms with van der Waals surface area (Å²) in [4.78, 5) is 38.1. The van der Waals surface area contributed by atoms with E-state index in [4.69, 9.17) is 23.7 Å². The van der Waals surface area contributed by atoms with Gasteiger partial charge in [0.05, 0.1) is 40.2 Å². The van der Waals surface area contributed by atoms with E-state index in [1.165, 1.54) is 46.8 Å². The minimum Gasteiger partial charge on any atom is -0.497 e. The fourth-order valence-electron chi connectivity index (χ4n) is 3.91. The number of esters is 1. The quantitative estimate of drug-likeness (QED) is 0.110. The van der Waals surface area contributed by atoms with Crippen LogP contribution in [0.1, 0.15) is 36.6 Å². The van der Waals surface area contributed by atoms with Crippen LogP contribution in [0.25, 0.3) is 0 Å². The van der Waals surface area contributed by atoms with Gasteiger partial charge in [-0.15, -0.1) is 0 Å². The van der Waals surface area contributed by atoms with Gasteiger partial charge in [0.15, 0.2) is 11.5 Å². The zero-order chi connectivity index (χ0) is 30.8. The number of hydrazone groups is 1. The van der Waals surface area contributed by atoms with E-state index in [-0.39, 0.29) is 5.75 Å². The van der Waals surface area contributed by atoms with E-state index in [1.54, 1.807) is 72.8 Å². The lowest BCUT2D eigenvalue weighted by atomic mass is 10.1. The van der Waals surface area contributed by atoms with Crippen molar-refractivity contribution in [3.05, 3.63) is 107 Å². The molecule has 0 aliphatic carbocycles. The largest absolute Gasteiger partial charge is 0.497 e. The van der Waals surface area contributed by atoms with Gasteiger partial charge in [-0.05, 0) is 72.8 Å². The molecular weight excluding hydrogens is 554 g/mol. The number of nitrogens with one attached hydrogen (secondary N) is 2. The van der Waals surface area contributed by atoms with E-state index in [1.807, 2.05) is 0 Å². The summed E-state index contributed by atoms with van der Waals surface area (Å²) in [5.74, 6) is 0.514. The molecule has 2 N–H and O–H groups in total. The Morgan fingerprint density at radius 2 is 1.28 bits per heavy atom. The Kier molecular flexibility index (Phi) is 9.93. The number of amides is 2. The maximum atomic E-state index is 12.8. The van der Waals surface area contributed by atoms with Crippen molar-refractivity contribution >= 4 is 29.7 Å². The van der Waals surface area contributed by atoms with Gasteiger partial charge in [0.25, 0.3) is 11.8 Å². The van der Waals surface area contributed by atoms with Gasteiger partial charge in [-0.25, -0.2) is 10.2 Å². The molecule has 0 aliphatic rings. The summed E-state index contributed by atoms with van der Waals surface area (Å²) in [7, 11) is 5.94. The molecule has 0 aliphatic heterocycles. The van der Waals surface area contributed by atoms with Crippen molar-refractivity contribution in [3.8, 4) is 28.7 Å². The number of carbonyl (C=O) groups is 3. The lowest BCUT2D eigenvalue weighted by molar-refractivity contribution is 0.0733. The number of nitrogens with zero attached hydrogens (tertiary/aromatic N) is 1. The first-order valence-corrected chi connectivity index (χ1v) is 12.9. The van der Waals surface area contributed by atoms with Gasteiger partial charge in [-0.3, -0.25) is 9.59 Å². The highest BCUT2D eigenvalue weighted by molar-refractivity contribution is 6.05. The highest BCUT2D eigenvalue weighted by Crippen LogP contribution is 2.38. The van der Waals surface area contributed by atoms with Gasteiger partial charge in [-0.1, -0.05) is 12.1 Å². The Balaban J connectivity index is 1.37. The molecule has 0 saturated carbocycles. The predicted octanol–water partition coefficient (Wildman–Crippen LogP) is 4.96. The molecule has 11 nitrogen and oxygen atoms in total. The van der Waals surface area contributed by atoms with E-state index >= 15 is 0 Å². The Hall–Kier alpha value is -5.84. The van der Waals surface area contributed by atoms with E-state index in [2.05, 4.69) is 15.8 Å². The molecule has 2 amide bonds. The van der Waals surface area contributed by atoms with Gasteiger partial charge in [0.1, 0.15) is 11.5 Å². The van der Waals surface area contributed by atoms with Crippen LogP contribution in [0.2, 0.25) is 0 Å². The summed E-state index contributed by atoms with van der Waals surface area (Å²) in [6.07, 6.45) is 1.38. The van der Waals surface area contributed by atoms with Gasteiger partial charge >= 0.3 is 5.97 Å². The van der Waals surface area contributed by atoms with Crippen LogP contribution in [-0.4, -0.2) is 52.4 Å². The second-order valence-electron chi connectivity index (χ2n) is 8.80. The average Bonchev–Trinajstić information content (AvgIpc) is 3.04. The Bertz CT molecular complexity index is 1610. The summed E-state index contributed by atoms with van der Waals surface area (Å²) in [5, 5.41) is 6.77. The Labute approximate surface area is 248 Å². The van der Waals surface area contributed by atoms with Crippen LogP contribution in [0, 0.1) is 0 Å². The number of hydrogen-bond donors (Lipinski definition) is 2. The van der Waals surface area contributed by atoms with Crippen molar-refractivity contribution in [2.75, 3.05) is 33.8 Å². The summed E-state index contributed by atoms with van der Waals surface area (Å²) in [6, 6.07) is 22.6. The number of rotatable bonds is 11. The standard InChI is InChI=1S/C32H29N3O8/c1-39-25-15-11-21(12-16-25)32(38)43-26-8-6-5-7-22(26)19-33-35-31(37)20-9-13-24(14-10-20)34-30(36)23-17-27(40-2)29(42-4)28(18-23)41-3/h5-19H,1-4H3,(H,34,36)(H,35,37)/b33-19-. The first kappa shape index (κ1) is 30.1. The lowest BCUT2D eigenvalue weighted by Crippen LogP contribution is -2.18. The third kappa shape index (κ3) is 7.47. The van der Waals surface area contributed by atoms with Crippen LogP contribution in [0.4, 0.5) is 5.69 Å². The SMILES string of the molecule is COc1ccc(C(=O)Oc2ccccc2/C=N\NC(=O)c2ccc(NC(=O)c3cc(OC)c(OC)c(OC)c3)cc2)cc1. The molecule has 0 aromatic heterocycles. The van der Waals surface area contributed by atoms with Crippen molar-refractivity contribution in [1.29, 1.82) is 0 Å². The van der Waals surface area contributed by atoms with E-state index in [0.29, 0.717) is 50.9 Å². The van der Waals surface area contributed by atoms with E-state index < -0.39 is 17.8 Å². The second-order valence-corrected chi connectivity index (χ2v) is 8.80. The summed E-state index contributed by atoms with van der Waals surface area (Å²) in [5.41, 5.74) is 4.34. The molecule has 0 fully saturated rings. The zero-order valence-electron chi connectivity index (χ0n) is 23.9. The molecule has 0 bridgehead atoms. The van der Waals surface area contributed by atoms with Crippen LogP contribution < -0.4 is 34.4 Å². The van der Waals surface area contributed by atoms with Gasteiger partial charge in [-0.2, -0.15) is 5.10 Å². The Morgan fingerprint density at radius 1 is 0.651 bits per heavy atom. The Morgan fingerprint density at radius 3 is 1.88 bits per heavy atom. The number of carbonyl (C=O) groups excluding carboxylic acids is 3. The van der Waals surface area contributed by atoms with Crippen molar-refractivity contribution in [1.82, 2.24) is 5.43 Å². The molecule has 11 heteroatoms. The molecule has 0 spiro atoms. The molecule has 0 saturated heterocycles. The number of methoxy groups -OCH3 is 4.